The summed E-state index contributed by atoms with van der Waals surface area (Å²) >= 11 is 0. The highest BCUT2D eigenvalue weighted by Crippen LogP contribution is 2.32. The number of carbonyl (C=O) groups excluding carboxylic acids is 2. The highest BCUT2D eigenvalue weighted by Gasteiger charge is 2.32. The zero-order valence-electron chi connectivity index (χ0n) is 15.6. The first kappa shape index (κ1) is 21.8. The van der Waals surface area contributed by atoms with Crippen LogP contribution in [0.1, 0.15) is 32.0 Å². The molecule has 0 radical (unpaired) electrons. The van der Waals surface area contributed by atoms with Gasteiger partial charge in [0.25, 0.3) is 11.8 Å². The van der Waals surface area contributed by atoms with Gasteiger partial charge in [0.1, 0.15) is 11.8 Å². The number of benzene rings is 1. The maximum atomic E-state index is 13.3. The molecule has 2 rings (SSSR count). The minimum Gasteiger partial charge on any atom is -0.383 e. The Kier molecular flexibility index (Phi) is 6.90. The summed E-state index contributed by atoms with van der Waals surface area (Å²) in [5.41, 5.74) is -1.36. The Morgan fingerprint density at radius 1 is 1.24 bits per heavy atom. The summed E-state index contributed by atoms with van der Waals surface area (Å²) < 4.78 is 44.6. The van der Waals surface area contributed by atoms with E-state index in [1.54, 1.807) is 6.07 Å². The quantitative estimate of drug-likeness (QED) is 0.796. The molecule has 0 saturated carbocycles. The van der Waals surface area contributed by atoms with Gasteiger partial charge in [-0.25, -0.2) is 4.98 Å². The lowest BCUT2D eigenvalue weighted by atomic mass is 10.1. The van der Waals surface area contributed by atoms with E-state index in [2.05, 4.69) is 10.3 Å². The number of hydrogen-bond acceptors (Lipinski definition) is 5. The van der Waals surface area contributed by atoms with Gasteiger partial charge in [0.2, 0.25) is 0 Å². The molecule has 2 amide bonds. The number of nitrogens with one attached hydrogen (secondary N) is 1. The lowest BCUT2D eigenvalue weighted by Gasteiger charge is -2.18. The molecule has 152 valence electrons. The number of rotatable bonds is 6. The van der Waals surface area contributed by atoms with Crippen molar-refractivity contribution in [3.63, 3.8) is 0 Å². The Balaban J connectivity index is 2.33. The third kappa shape index (κ3) is 5.76. The standard InChI is InChI=1S/C19H17F3N4O3/c1-26(5-6-29-2)18(28)13-7-14(19(20,21)22)9-16(8-13)25-17(27)12-3-4-15(10-23)24-11-12/h3-4,7-9,11H,5-6H2,1-2H3,(H,25,27). The molecule has 1 aromatic heterocycles. The predicted octanol–water partition coefficient (Wildman–Crippen LogP) is 2.94. The summed E-state index contributed by atoms with van der Waals surface area (Å²) in [6.45, 7) is 0.403. The van der Waals surface area contributed by atoms with Crippen LogP contribution in [-0.2, 0) is 10.9 Å². The molecule has 0 fully saturated rings. The van der Waals surface area contributed by atoms with Gasteiger partial charge in [-0.3, -0.25) is 9.59 Å². The zero-order chi connectivity index (χ0) is 21.6. The van der Waals surface area contributed by atoms with E-state index in [0.29, 0.717) is 0 Å². The summed E-state index contributed by atoms with van der Waals surface area (Å²) in [6, 6.07) is 7.04. The molecule has 0 aliphatic rings. The number of carbonyl (C=O) groups is 2. The van der Waals surface area contributed by atoms with Crippen LogP contribution in [-0.4, -0.2) is 49.0 Å². The second-order valence-corrected chi connectivity index (χ2v) is 6.01. The molecular formula is C19H17F3N4O3. The van der Waals surface area contributed by atoms with Gasteiger partial charge in [0.15, 0.2) is 0 Å². The van der Waals surface area contributed by atoms with Gasteiger partial charge in [-0.05, 0) is 30.3 Å². The minimum absolute atomic E-state index is 0.0477. The topological polar surface area (TPSA) is 95.3 Å². The normalized spacial score (nSPS) is 10.9. The fraction of sp³-hybridized carbons (Fsp3) is 0.263. The van der Waals surface area contributed by atoms with Crippen molar-refractivity contribution in [3.8, 4) is 6.07 Å². The fourth-order valence-electron chi connectivity index (χ4n) is 2.33. The van der Waals surface area contributed by atoms with E-state index in [1.165, 1.54) is 31.2 Å². The van der Waals surface area contributed by atoms with Gasteiger partial charge in [-0.1, -0.05) is 0 Å². The van der Waals surface area contributed by atoms with Crippen molar-refractivity contribution in [2.24, 2.45) is 0 Å². The van der Waals surface area contributed by atoms with Crippen LogP contribution in [0.15, 0.2) is 36.5 Å². The molecule has 2 aromatic rings. The van der Waals surface area contributed by atoms with E-state index in [0.717, 1.165) is 24.4 Å². The van der Waals surface area contributed by atoms with E-state index in [1.807, 2.05) is 0 Å². The molecule has 0 aliphatic carbocycles. The third-order valence-electron chi connectivity index (χ3n) is 3.88. The van der Waals surface area contributed by atoms with Crippen molar-refractivity contribution in [2.75, 3.05) is 32.6 Å². The van der Waals surface area contributed by atoms with Crippen molar-refractivity contribution in [2.45, 2.75) is 6.18 Å². The number of halogens is 3. The van der Waals surface area contributed by atoms with Gasteiger partial charge >= 0.3 is 6.18 Å². The van der Waals surface area contributed by atoms with Crippen LogP contribution in [0.25, 0.3) is 0 Å². The molecule has 0 bridgehead atoms. The number of nitriles is 1. The second-order valence-electron chi connectivity index (χ2n) is 6.01. The summed E-state index contributed by atoms with van der Waals surface area (Å²) in [4.78, 5) is 29.7. The van der Waals surface area contributed by atoms with Crippen LogP contribution in [0.3, 0.4) is 0 Å². The number of likely N-dealkylation sites (N-methyl/N-ethyl adjacent to an activating group) is 1. The summed E-state index contributed by atoms with van der Waals surface area (Å²) in [5, 5.41) is 11.1. The molecular weight excluding hydrogens is 389 g/mol. The monoisotopic (exact) mass is 406 g/mol. The smallest absolute Gasteiger partial charge is 0.383 e. The van der Waals surface area contributed by atoms with Gasteiger partial charge in [0.05, 0.1) is 17.7 Å². The number of aromatic nitrogens is 1. The molecule has 0 unspecified atom stereocenters. The predicted molar refractivity (Wildman–Crippen MR) is 97.2 cm³/mol. The maximum Gasteiger partial charge on any atom is 0.416 e. The van der Waals surface area contributed by atoms with E-state index < -0.39 is 23.6 Å². The van der Waals surface area contributed by atoms with Crippen molar-refractivity contribution in [3.05, 3.63) is 58.9 Å². The van der Waals surface area contributed by atoms with Crippen LogP contribution < -0.4 is 5.32 Å². The van der Waals surface area contributed by atoms with E-state index in [9.17, 15) is 22.8 Å². The lowest BCUT2D eigenvalue weighted by Crippen LogP contribution is -2.30. The number of pyridine rings is 1. The van der Waals surface area contributed by atoms with E-state index >= 15 is 0 Å². The molecule has 29 heavy (non-hydrogen) atoms. The van der Waals surface area contributed by atoms with Crippen molar-refractivity contribution >= 4 is 17.5 Å². The second kappa shape index (κ2) is 9.16. The largest absolute Gasteiger partial charge is 0.416 e. The first-order valence-electron chi connectivity index (χ1n) is 8.30. The molecule has 1 N–H and O–H groups in total. The molecule has 0 atom stereocenters. The van der Waals surface area contributed by atoms with Gasteiger partial charge < -0.3 is 15.0 Å². The molecule has 1 heterocycles. The van der Waals surface area contributed by atoms with Gasteiger partial charge in [0, 0.05) is 38.1 Å². The number of ether oxygens (including phenoxy) is 1. The Bertz CT molecular complexity index is 937. The number of alkyl halides is 3. The number of methoxy groups -OCH3 is 1. The third-order valence-corrected chi connectivity index (χ3v) is 3.88. The average Bonchev–Trinajstić information content (AvgIpc) is 2.70. The van der Waals surface area contributed by atoms with Crippen LogP contribution in [0.2, 0.25) is 0 Å². The lowest BCUT2D eigenvalue weighted by molar-refractivity contribution is -0.137. The Hall–Kier alpha value is -3.45. The highest BCUT2D eigenvalue weighted by molar-refractivity contribution is 6.05. The van der Waals surface area contributed by atoms with Crippen LogP contribution in [0, 0.1) is 11.3 Å². The number of hydrogen-bond donors (Lipinski definition) is 1. The molecule has 0 aliphatic heterocycles. The van der Waals surface area contributed by atoms with Crippen LogP contribution in [0.4, 0.5) is 18.9 Å². The van der Waals surface area contributed by atoms with Crippen LogP contribution >= 0.6 is 0 Å². The maximum absolute atomic E-state index is 13.3. The average molecular weight is 406 g/mol. The summed E-state index contributed by atoms with van der Waals surface area (Å²) in [6.07, 6.45) is -3.58. The first-order valence-corrected chi connectivity index (χ1v) is 8.30. The molecule has 7 nitrogen and oxygen atoms in total. The highest BCUT2D eigenvalue weighted by atomic mass is 19.4. The number of amides is 2. The molecule has 1 aromatic carbocycles. The fourth-order valence-corrected chi connectivity index (χ4v) is 2.33. The Labute approximate surface area is 164 Å². The SMILES string of the molecule is COCCN(C)C(=O)c1cc(NC(=O)c2ccc(C#N)nc2)cc(C(F)(F)F)c1. The van der Waals surface area contributed by atoms with Gasteiger partial charge in [-0.15, -0.1) is 0 Å². The van der Waals surface area contributed by atoms with E-state index in [4.69, 9.17) is 10.00 Å². The number of nitrogens with zero attached hydrogens (tertiary/aromatic N) is 3. The summed E-state index contributed by atoms with van der Waals surface area (Å²) in [7, 11) is 2.87. The van der Waals surface area contributed by atoms with Gasteiger partial charge in [-0.2, -0.15) is 18.4 Å². The van der Waals surface area contributed by atoms with Crippen molar-refractivity contribution < 1.29 is 27.5 Å². The van der Waals surface area contributed by atoms with Crippen LogP contribution in [0.5, 0.6) is 0 Å². The first-order chi connectivity index (χ1) is 13.7. The Morgan fingerprint density at radius 3 is 2.52 bits per heavy atom. The molecule has 10 heteroatoms. The van der Waals surface area contributed by atoms with Crippen molar-refractivity contribution in [1.29, 1.82) is 5.26 Å². The zero-order valence-corrected chi connectivity index (χ0v) is 15.6. The van der Waals surface area contributed by atoms with E-state index in [-0.39, 0.29) is 35.7 Å². The number of anilines is 1. The summed E-state index contributed by atoms with van der Waals surface area (Å²) in [5.74, 6) is -1.38. The minimum atomic E-state index is -4.71. The molecule has 0 spiro atoms. The molecule has 0 saturated heterocycles. The van der Waals surface area contributed by atoms with Crippen molar-refractivity contribution in [1.82, 2.24) is 9.88 Å². The Morgan fingerprint density at radius 2 is 1.97 bits per heavy atom.